The summed E-state index contributed by atoms with van der Waals surface area (Å²) in [5.74, 6) is 0.350. The van der Waals surface area contributed by atoms with E-state index in [0.717, 1.165) is 5.57 Å². The molecule has 1 atom stereocenters. The second-order valence-electron chi connectivity index (χ2n) is 5.30. The van der Waals surface area contributed by atoms with Crippen molar-refractivity contribution in [3.63, 3.8) is 0 Å². The normalized spacial score (nSPS) is 21.4. The topological polar surface area (TPSA) is 110 Å². The largest absolute Gasteiger partial charge is 0.395 e. The van der Waals surface area contributed by atoms with Crippen LogP contribution in [0.4, 0.5) is 5.82 Å². The molecule has 2 aromatic rings. The molecule has 0 aliphatic heterocycles. The first-order valence-electron chi connectivity index (χ1n) is 6.45. The molecule has 106 valence electrons. The lowest BCUT2D eigenvalue weighted by atomic mass is 9.83. The highest BCUT2D eigenvalue weighted by atomic mass is 16.3. The number of imidazole rings is 1. The molecule has 0 aromatic carbocycles. The summed E-state index contributed by atoms with van der Waals surface area (Å²) in [6, 6.07) is -0.00593. The molecule has 0 fully saturated rings. The molecule has 0 unspecified atom stereocenters. The van der Waals surface area contributed by atoms with Gasteiger partial charge in [0, 0.05) is 5.41 Å². The summed E-state index contributed by atoms with van der Waals surface area (Å²) >= 11 is 0. The van der Waals surface area contributed by atoms with Gasteiger partial charge < -0.3 is 20.5 Å². The van der Waals surface area contributed by atoms with Crippen LogP contribution in [0.2, 0.25) is 0 Å². The summed E-state index contributed by atoms with van der Waals surface area (Å²) < 4.78 is 1.91. The molecule has 0 amide bonds. The van der Waals surface area contributed by atoms with Crippen molar-refractivity contribution in [2.75, 3.05) is 18.9 Å². The number of hydrogen-bond acceptors (Lipinski definition) is 6. The van der Waals surface area contributed by atoms with Crippen molar-refractivity contribution in [2.24, 2.45) is 5.41 Å². The van der Waals surface area contributed by atoms with Gasteiger partial charge in [0.05, 0.1) is 25.6 Å². The molecule has 7 heteroatoms. The first kappa shape index (κ1) is 13.0. The monoisotopic (exact) mass is 275 g/mol. The van der Waals surface area contributed by atoms with Crippen LogP contribution < -0.4 is 5.73 Å². The average molecular weight is 275 g/mol. The van der Waals surface area contributed by atoms with Crippen LogP contribution in [0.25, 0.3) is 11.2 Å². The van der Waals surface area contributed by atoms with E-state index in [1.54, 1.807) is 6.33 Å². The highest BCUT2D eigenvalue weighted by molar-refractivity contribution is 5.81. The summed E-state index contributed by atoms with van der Waals surface area (Å²) in [5, 5.41) is 19.2. The first-order valence-corrected chi connectivity index (χ1v) is 6.45. The Bertz CT molecular complexity index is 674. The van der Waals surface area contributed by atoms with Crippen LogP contribution in [-0.2, 0) is 0 Å². The summed E-state index contributed by atoms with van der Waals surface area (Å²) in [5.41, 5.74) is 7.43. The van der Waals surface area contributed by atoms with E-state index in [-0.39, 0.29) is 19.3 Å². The molecule has 0 saturated carbocycles. The van der Waals surface area contributed by atoms with Crippen molar-refractivity contribution < 1.29 is 10.2 Å². The maximum absolute atomic E-state index is 9.59. The van der Waals surface area contributed by atoms with E-state index in [9.17, 15) is 10.2 Å². The number of aliphatic hydroxyl groups excluding tert-OH is 2. The predicted molar refractivity (Wildman–Crippen MR) is 73.8 cm³/mol. The number of aromatic nitrogens is 4. The molecule has 20 heavy (non-hydrogen) atoms. The minimum atomic E-state index is -0.570. The fourth-order valence-electron chi connectivity index (χ4n) is 2.81. The predicted octanol–water partition coefficient (Wildman–Crippen LogP) is 0.271. The molecule has 0 spiro atoms. The Balaban J connectivity index is 2.04. The van der Waals surface area contributed by atoms with Crippen molar-refractivity contribution >= 4 is 17.0 Å². The minimum absolute atomic E-state index is 0.00593. The molecule has 3 rings (SSSR count). The van der Waals surface area contributed by atoms with Gasteiger partial charge in [-0.2, -0.15) is 0 Å². The van der Waals surface area contributed by atoms with Crippen LogP contribution in [0.3, 0.4) is 0 Å². The highest BCUT2D eigenvalue weighted by Gasteiger charge is 2.39. The van der Waals surface area contributed by atoms with E-state index < -0.39 is 5.41 Å². The summed E-state index contributed by atoms with van der Waals surface area (Å²) in [6.45, 7) is 1.77. The fourth-order valence-corrected chi connectivity index (χ4v) is 2.81. The molecular formula is C13H17N5O2. The lowest BCUT2D eigenvalue weighted by Crippen LogP contribution is -2.29. The van der Waals surface area contributed by atoms with E-state index in [4.69, 9.17) is 5.73 Å². The quantitative estimate of drug-likeness (QED) is 0.694. The number of nitrogens with zero attached hydrogens (tertiary/aromatic N) is 4. The lowest BCUT2D eigenvalue weighted by molar-refractivity contribution is 0.0789. The zero-order valence-corrected chi connectivity index (χ0v) is 11.2. The molecule has 1 aliphatic rings. The molecule has 0 radical (unpaired) electrons. The number of fused-ring (bicyclic) bond motifs is 1. The van der Waals surface area contributed by atoms with Crippen molar-refractivity contribution in [1.29, 1.82) is 0 Å². The van der Waals surface area contributed by atoms with Gasteiger partial charge in [-0.15, -0.1) is 0 Å². The third kappa shape index (κ3) is 1.70. The van der Waals surface area contributed by atoms with Gasteiger partial charge in [0.1, 0.15) is 11.8 Å². The summed E-state index contributed by atoms with van der Waals surface area (Å²) in [4.78, 5) is 12.4. The Morgan fingerprint density at radius 1 is 1.35 bits per heavy atom. The Kier molecular flexibility index (Phi) is 2.95. The molecule has 2 heterocycles. The zero-order chi connectivity index (χ0) is 14.3. The Morgan fingerprint density at radius 2 is 2.10 bits per heavy atom. The second-order valence-corrected chi connectivity index (χ2v) is 5.30. The van der Waals surface area contributed by atoms with Crippen LogP contribution >= 0.6 is 0 Å². The third-order valence-electron chi connectivity index (χ3n) is 4.23. The van der Waals surface area contributed by atoms with Gasteiger partial charge in [0.15, 0.2) is 11.5 Å². The molecule has 1 aliphatic carbocycles. The maximum Gasteiger partial charge on any atom is 0.165 e. The maximum atomic E-state index is 9.59. The smallest absolute Gasteiger partial charge is 0.165 e. The summed E-state index contributed by atoms with van der Waals surface area (Å²) in [7, 11) is 0. The van der Waals surface area contributed by atoms with Gasteiger partial charge in [0.25, 0.3) is 0 Å². The van der Waals surface area contributed by atoms with Crippen LogP contribution in [-0.4, -0.2) is 42.9 Å². The Morgan fingerprint density at radius 3 is 2.75 bits per heavy atom. The molecular weight excluding hydrogens is 258 g/mol. The number of anilines is 1. The number of hydrogen-bond donors (Lipinski definition) is 3. The standard InChI is InChI=1S/C13H17N5O2/c1-8-2-9(3-13(8,4-19)5-20)18-7-17-10-11(14)15-6-16-12(10)18/h2,6-7,9,19-20H,3-5H2,1H3,(H2,14,15,16)/t9-/m0/s1. The van der Waals surface area contributed by atoms with Gasteiger partial charge in [-0.25, -0.2) is 15.0 Å². The van der Waals surface area contributed by atoms with Crippen molar-refractivity contribution in [3.8, 4) is 0 Å². The van der Waals surface area contributed by atoms with E-state index >= 15 is 0 Å². The van der Waals surface area contributed by atoms with E-state index in [2.05, 4.69) is 15.0 Å². The van der Waals surface area contributed by atoms with Crippen LogP contribution in [0, 0.1) is 5.41 Å². The molecule has 0 saturated heterocycles. The third-order valence-corrected chi connectivity index (χ3v) is 4.23. The van der Waals surface area contributed by atoms with Crippen LogP contribution in [0.15, 0.2) is 24.3 Å². The molecule has 7 nitrogen and oxygen atoms in total. The number of aliphatic hydroxyl groups is 2. The second kappa shape index (κ2) is 4.53. The fraction of sp³-hybridized carbons (Fsp3) is 0.462. The van der Waals surface area contributed by atoms with Gasteiger partial charge in [-0.3, -0.25) is 0 Å². The van der Waals surface area contributed by atoms with Gasteiger partial charge in [-0.1, -0.05) is 11.6 Å². The van der Waals surface area contributed by atoms with Crippen molar-refractivity contribution in [1.82, 2.24) is 19.5 Å². The van der Waals surface area contributed by atoms with Gasteiger partial charge in [-0.05, 0) is 13.3 Å². The molecule has 4 N–H and O–H groups in total. The van der Waals surface area contributed by atoms with Crippen molar-refractivity contribution in [2.45, 2.75) is 19.4 Å². The minimum Gasteiger partial charge on any atom is -0.395 e. The van der Waals surface area contributed by atoms with Crippen molar-refractivity contribution in [3.05, 3.63) is 24.3 Å². The van der Waals surface area contributed by atoms with Gasteiger partial charge >= 0.3 is 0 Å². The Hall–Kier alpha value is -1.99. The zero-order valence-electron chi connectivity index (χ0n) is 11.2. The number of nitrogen functional groups attached to an aromatic ring is 1. The SMILES string of the molecule is CC1=C[C@H](n2cnc3c(N)ncnc32)CC1(CO)CO. The van der Waals surface area contributed by atoms with Gasteiger partial charge in [0.2, 0.25) is 0 Å². The van der Waals surface area contributed by atoms with E-state index in [1.807, 2.05) is 17.6 Å². The number of nitrogens with two attached hydrogens (primary N) is 1. The number of rotatable bonds is 3. The van der Waals surface area contributed by atoms with E-state index in [0.29, 0.717) is 23.4 Å². The van der Waals surface area contributed by atoms with Crippen LogP contribution in [0.1, 0.15) is 19.4 Å². The molecule has 2 aromatic heterocycles. The first-order chi connectivity index (χ1) is 9.61. The lowest BCUT2D eigenvalue weighted by Gasteiger charge is -2.27. The average Bonchev–Trinajstić information content (AvgIpc) is 3.01. The summed E-state index contributed by atoms with van der Waals surface area (Å²) in [6.07, 6.45) is 5.73. The Labute approximate surface area is 115 Å². The van der Waals surface area contributed by atoms with Crippen LogP contribution in [0.5, 0.6) is 0 Å². The van der Waals surface area contributed by atoms with E-state index in [1.165, 1.54) is 6.33 Å². The molecule has 0 bridgehead atoms. The number of allylic oxidation sites excluding steroid dienone is 1. The highest BCUT2D eigenvalue weighted by Crippen LogP contribution is 2.43.